The van der Waals surface area contributed by atoms with Gasteiger partial charge in [0, 0.05) is 65.5 Å². The van der Waals surface area contributed by atoms with Crippen molar-refractivity contribution in [1.82, 2.24) is 19.2 Å². The minimum atomic E-state index is -3.71. The molecular weight excluding hydrogens is 517 g/mol. The lowest BCUT2D eigenvalue weighted by molar-refractivity contribution is -0.607. The van der Waals surface area contributed by atoms with Gasteiger partial charge in [0.15, 0.2) is 12.0 Å². The third kappa shape index (κ3) is 4.57. The molecule has 4 aromatic rings. The van der Waals surface area contributed by atoms with Crippen molar-refractivity contribution in [3.05, 3.63) is 77.0 Å². The lowest BCUT2D eigenvalue weighted by Gasteiger charge is -2.33. The Bertz CT molecular complexity index is 1540. The average molecular weight is 534 g/mol. The number of carbonyl (C=O) groups is 1. The van der Waals surface area contributed by atoms with E-state index in [1.54, 1.807) is 24.3 Å². The van der Waals surface area contributed by atoms with Crippen LogP contribution in [0.2, 0.25) is 5.02 Å². The number of amides is 1. The maximum absolute atomic E-state index is 14.0. The Kier molecular flexibility index (Phi) is 6.13. The Labute approximate surface area is 208 Å². The molecule has 0 atom stereocenters. The highest BCUT2D eigenvalue weighted by atomic mass is 35.5. The molecule has 1 aliphatic heterocycles. The Morgan fingerprint density at radius 3 is 2.51 bits per heavy atom. The van der Waals surface area contributed by atoms with Crippen molar-refractivity contribution in [3.63, 3.8) is 0 Å². The van der Waals surface area contributed by atoms with Gasteiger partial charge in [-0.25, -0.2) is 18.4 Å². The van der Waals surface area contributed by atoms with Crippen LogP contribution in [-0.4, -0.2) is 59.7 Å². The van der Waals surface area contributed by atoms with E-state index in [0.29, 0.717) is 15.3 Å². The van der Waals surface area contributed by atoms with Crippen molar-refractivity contribution in [2.24, 2.45) is 0 Å². The van der Waals surface area contributed by atoms with Gasteiger partial charge in [0.05, 0.1) is 0 Å². The number of thiophene rings is 1. The largest absolute Gasteiger partial charge is 0.619 e. The third-order valence-electron chi connectivity index (χ3n) is 5.62. The molecule has 1 aromatic carbocycles. The van der Waals surface area contributed by atoms with Crippen molar-refractivity contribution < 1.29 is 22.3 Å². The average Bonchev–Trinajstić information content (AvgIpc) is 3.28. The van der Waals surface area contributed by atoms with Crippen molar-refractivity contribution in [2.75, 3.05) is 26.2 Å². The molecule has 0 unspecified atom stereocenters. The highest BCUT2D eigenvalue weighted by Gasteiger charge is 2.32. The van der Waals surface area contributed by atoms with Crippen molar-refractivity contribution >= 4 is 49.0 Å². The molecule has 0 bridgehead atoms. The highest BCUT2D eigenvalue weighted by Crippen LogP contribution is 2.33. The molecule has 13 heteroatoms. The third-order valence-corrected chi connectivity index (χ3v) is 9.30. The zero-order valence-electron chi connectivity index (χ0n) is 18.0. The number of piperazine rings is 1. The van der Waals surface area contributed by atoms with Gasteiger partial charge in [-0.3, -0.25) is 4.79 Å². The number of benzene rings is 1. The topological polar surface area (TPSA) is 110 Å². The summed E-state index contributed by atoms with van der Waals surface area (Å²) in [5, 5.41) is 12.5. The van der Waals surface area contributed by atoms with Gasteiger partial charge in [0.2, 0.25) is 12.0 Å². The number of rotatable bonds is 4. The summed E-state index contributed by atoms with van der Waals surface area (Å²) in [7, 11) is -3.71. The Morgan fingerprint density at radius 1 is 1.11 bits per heavy atom. The van der Waals surface area contributed by atoms with Crippen LogP contribution in [0.15, 0.2) is 59.3 Å². The van der Waals surface area contributed by atoms with Gasteiger partial charge >= 0.3 is 0 Å². The monoisotopic (exact) mass is 533 g/mol. The maximum Gasteiger partial charge on any atom is 0.291 e. The minimum Gasteiger partial charge on any atom is -0.619 e. The molecule has 0 saturated carbocycles. The van der Waals surface area contributed by atoms with E-state index in [4.69, 9.17) is 11.6 Å². The van der Waals surface area contributed by atoms with Gasteiger partial charge in [-0.1, -0.05) is 17.7 Å². The standard InChI is InChI=1S/C22H17ClFN5O4S2/c23-16-2-1-14-9-20(34-19(14)10-16)35(32,33)29-7-5-27(6-8-29)22(30)21-25-11-15(12-26-21)17-3-4-28(31)13-18(17)24/h1-4,9-13H,5-8H2. The van der Waals surface area contributed by atoms with Crippen LogP contribution >= 0.6 is 22.9 Å². The Morgan fingerprint density at radius 2 is 1.83 bits per heavy atom. The minimum absolute atomic E-state index is 0.0818. The van der Waals surface area contributed by atoms with Gasteiger partial charge in [0.1, 0.15) is 4.21 Å². The van der Waals surface area contributed by atoms with Crippen molar-refractivity contribution in [2.45, 2.75) is 4.21 Å². The molecule has 5 rings (SSSR count). The van der Waals surface area contributed by atoms with E-state index < -0.39 is 21.7 Å². The maximum atomic E-state index is 14.0. The smallest absolute Gasteiger partial charge is 0.291 e. The first-order valence-corrected chi connectivity index (χ1v) is 13.0. The summed E-state index contributed by atoms with van der Waals surface area (Å²) < 4.78 is 43.0. The van der Waals surface area contributed by atoms with E-state index >= 15 is 0 Å². The molecule has 35 heavy (non-hydrogen) atoms. The Hall–Kier alpha value is -3.19. The van der Waals surface area contributed by atoms with Crippen LogP contribution in [0.1, 0.15) is 10.6 Å². The van der Waals surface area contributed by atoms with Crippen LogP contribution in [0.4, 0.5) is 4.39 Å². The summed E-state index contributed by atoms with van der Waals surface area (Å²) in [6, 6.07) is 8.15. The van der Waals surface area contributed by atoms with Gasteiger partial charge in [-0.05, 0) is 23.6 Å². The number of nitrogens with zero attached hydrogens (tertiary/aromatic N) is 5. The summed E-state index contributed by atoms with van der Waals surface area (Å²) in [6.45, 7) is 0.616. The molecule has 0 N–H and O–H groups in total. The summed E-state index contributed by atoms with van der Waals surface area (Å²) in [5.41, 5.74) is 0.457. The molecule has 1 aliphatic rings. The number of pyridine rings is 1. The fraction of sp³-hybridized carbons (Fsp3) is 0.182. The number of hydrogen-bond acceptors (Lipinski definition) is 7. The molecule has 0 radical (unpaired) electrons. The lowest BCUT2D eigenvalue weighted by atomic mass is 10.1. The second-order valence-corrected chi connectivity index (χ2v) is 11.5. The fourth-order valence-electron chi connectivity index (χ4n) is 3.77. The predicted molar refractivity (Wildman–Crippen MR) is 128 cm³/mol. The van der Waals surface area contributed by atoms with Crippen LogP contribution in [0, 0.1) is 11.0 Å². The second-order valence-electron chi connectivity index (χ2n) is 7.81. The van der Waals surface area contributed by atoms with Gasteiger partial charge < -0.3 is 10.1 Å². The van der Waals surface area contributed by atoms with Gasteiger partial charge in [-0.15, -0.1) is 11.3 Å². The zero-order chi connectivity index (χ0) is 24.7. The summed E-state index contributed by atoms with van der Waals surface area (Å²) in [6.07, 6.45) is 4.55. The number of halogens is 2. The van der Waals surface area contributed by atoms with Crippen molar-refractivity contribution in [3.8, 4) is 11.1 Å². The molecule has 0 spiro atoms. The first kappa shape index (κ1) is 23.5. The van der Waals surface area contributed by atoms with E-state index in [9.17, 15) is 22.8 Å². The van der Waals surface area contributed by atoms with Crippen LogP contribution in [0.25, 0.3) is 21.2 Å². The molecule has 4 heterocycles. The second kappa shape index (κ2) is 9.11. The number of carbonyl (C=O) groups excluding carboxylic acids is 1. The first-order chi connectivity index (χ1) is 16.7. The highest BCUT2D eigenvalue weighted by molar-refractivity contribution is 7.91. The number of aromatic nitrogens is 3. The lowest BCUT2D eigenvalue weighted by Crippen LogP contribution is -2.50. The summed E-state index contributed by atoms with van der Waals surface area (Å²) in [4.78, 5) is 22.4. The fourth-order valence-corrected chi connectivity index (χ4v) is 7.02. The van der Waals surface area contributed by atoms with Gasteiger partial charge in [-0.2, -0.15) is 13.4 Å². The van der Waals surface area contributed by atoms with Crippen LogP contribution in [-0.2, 0) is 10.0 Å². The SMILES string of the molecule is O=C(c1ncc(-c2cc[n+]([O-])cc2F)cn1)N1CCN(S(=O)(=O)c2cc3ccc(Cl)cc3s2)CC1. The van der Waals surface area contributed by atoms with Crippen LogP contribution < -0.4 is 4.73 Å². The number of sulfonamides is 1. The van der Waals surface area contributed by atoms with Gasteiger partial charge in [0.25, 0.3) is 15.9 Å². The van der Waals surface area contributed by atoms with E-state index in [2.05, 4.69) is 9.97 Å². The summed E-state index contributed by atoms with van der Waals surface area (Å²) in [5.74, 6) is -1.26. The zero-order valence-corrected chi connectivity index (χ0v) is 20.4. The molecule has 9 nitrogen and oxygen atoms in total. The molecule has 0 aliphatic carbocycles. The number of fused-ring (bicyclic) bond motifs is 1. The molecular formula is C22H17ClFN5O4S2. The normalized spacial score (nSPS) is 15.0. The quantitative estimate of drug-likeness (QED) is 0.295. The summed E-state index contributed by atoms with van der Waals surface area (Å²) >= 11 is 7.17. The van der Waals surface area contributed by atoms with Crippen LogP contribution in [0.5, 0.6) is 0 Å². The Balaban J connectivity index is 1.27. The molecule has 1 fully saturated rings. The molecule has 1 amide bonds. The van der Waals surface area contributed by atoms with E-state index in [-0.39, 0.29) is 41.8 Å². The van der Waals surface area contributed by atoms with E-state index in [1.165, 1.54) is 27.7 Å². The van der Waals surface area contributed by atoms with E-state index in [0.717, 1.165) is 33.8 Å². The number of hydrogen-bond donors (Lipinski definition) is 0. The molecule has 180 valence electrons. The molecule has 1 saturated heterocycles. The van der Waals surface area contributed by atoms with E-state index in [1.807, 2.05) is 0 Å². The predicted octanol–water partition coefficient (Wildman–Crippen LogP) is 2.93. The van der Waals surface area contributed by atoms with Crippen LogP contribution in [0.3, 0.4) is 0 Å². The van der Waals surface area contributed by atoms with Crippen molar-refractivity contribution in [1.29, 1.82) is 0 Å². The molecule has 3 aromatic heterocycles. The first-order valence-electron chi connectivity index (χ1n) is 10.4.